The number of hydrogen-bond acceptors (Lipinski definition) is 29. The molecule has 0 aromatic rings. The van der Waals surface area contributed by atoms with Crippen LogP contribution in [0.15, 0.2) is 0 Å². The minimum atomic E-state index is -4.43. The van der Waals surface area contributed by atoms with Crippen molar-refractivity contribution in [3.05, 3.63) is 0 Å². The van der Waals surface area contributed by atoms with E-state index in [1.54, 1.807) is 0 Å². The van der Waals surface area contributed by atoms with Crippen molar-refractivity contribution in [2.24, 2.45) is 11.3 Å². The molecule has 0 spiro atoms. The van der Waals surface area contributed by atoms with Crippen LogP contribution in [0.25, 0.3) is 0 Å². The lowest BCUT2D eigenvalue weighted by molar-refractivity contribution is -0.270. The van der Waals surface area contributed by atoms with E-state index in [4.69, 9.17) is 65.0 Å². The van der Waals surface area contributed by atoms with Gasteiger partial charge in [-0.05, 0) is 63.7 Å². The molecule has 0 aromatic carbocycles. The fourth-order valence-corrected chi connectivity index (χ4v) is 13.1. The summed E-state index contributed by atoms with van der Waals surface area (Å²) >= 11 is 0. The van der Waals surface area contributed by atoms with Gasteiger partial charge in [-0.1, -0.05) is 65.2 Å². The number of amides is 3. The van der Waals surface area contributed by atoms with E-state index in [2.05, 4.69) is 16.0 Å². The minimum absolute atomic E-state index is 0.0446. The zero-order valence-electron chi connectivity index (χ0n) is 56.7. The largest absolute Gasteiger partial charge is 0.472 e. The molecule has 97 heavy (non-hydrogen) atoms. The Morgan fingerprint density at radius 3 is 0.979 bits per heavy atom. The first-order valence-electron chi connectivity index (χ1n) is 33.5. The van der Waals surface area contributed by atoms with Crippen molar-refractivity contribution in [2.75, 3.05) is 112 Å². The summed E-state index contributed by atoms with van der Waals surface area (Å²) in [6.07, 6.45) is -5.99. The number of carbonyl (C=O) groups excluding carboxylic acids is 3. The lowest BCUT2D eigenvalue weighted by Crippen LogP contribution is -2.64. The minimum Gasteiger partial charge on any atom is -0.394 e. The predicted octanol–water partition coefficient (Wildman–Crippen LogP) is 0.618. The molecule has 38 heteroatoms. The molecule has 15 N–H and O–H groups in total. The number of carbonyl (C=O) groups is 3. The Morgan fingerprint density at radius 1 is 0.381 bits per heavy atom. The fourth-order valence-electron chi connectivity index (χ4n) is 10.7. The number of ether oxygens (including phenoxy) is 8. The third-order valence-corrected chi connectivity index (χ3v) is 19.4. The predicted molar refractivity (Wildman–Crippen MR) is 341 cm³/mol. The highest BCUT2D eigenvalue weighted by Gasteiger charge is 2.48. The highest BCUT2D eigenvalue weighted by molar-refractivity contribution is 7.47. The topological polar surface area (TPSA) is 510 Å². The van der Waals surface area contributed by atoms with E-state index in [0.29, 0.717) is 77.0 Å². The summed E-state index contributed by atoms with van der Waals surface area (Å²) in [6.45, 7) is 6.05. The molecule has 3 amide bonds. The van der Waals surface area contributed by atoms with Crippen LogP contribution in [0.1, 0.15) is 144 Å². The molecule has 18 atom stereocenters. The molecular formula is C59H114N3O32P3. The molecule has 0 bridgehead atoms. The van der Waals surface area contributed by atoms with Crippen LogP contribution in [-0.2, 0) is 93.1 Å². The van der Waals surface area contributed by atoms with Gasteiger partial charge >= 0.3 is 23.5 Å². The lowest BCUT2D eigenvalue weighted by Gasteiger charge is -2.42. The Balaban J connectivity index is 1.41. The summed E-state index contributed by atoms with van der Waals surface area (Å²) in [5.41, 5.74) is -0.795. The highest BCUT2D eigenvalue weighted by atomic mass is 31.2. The van der Waals surface area contributed by atoms with E-state index in [9.17, 15) is 88.7 Å². The molecule has 35 nitrogen and oxygen atoms in total. The first-order valence-corrected chi connectivity index (χ1v) is 38.0. The number of aliphatic hydroxyl groups excluding tert-OH is 9. The second-order valence-electron chi connectivity index (χ2n) is 24.7. The maximum Gasteiger partial charge on any atom is 0.472 e. The first-order chi connectivity index (χ1) is 46.0. The molecule has 572 valence electrons. The Morgan fingerprint density at radius 2 is 0.660 bits per heavy atom. The lowest BCUT2D eigenvalue weighted by atomic mass is 9.79. The van der Waals surface area contributed by atoms with Crippen molar-refractivity contribution in [3.8, 4) is 0 Å². The van der Waals surface area contributed by atoms with Gasteiger partial charge in [-0.3, -0.25) is 41.5 Å². The molecule has 3 rings (SSSR count). The van der Waals surface area contributed by atoms with Crippen LogP contribution in [0.3, 0.4) is 0 Å². The van der Waals surface area contributed by atoms with Crippen LogP contribution in [0.4, 0.5) is 0 Å². The zero-order valence-corrected chi connectivity index (χ0v) is 59.3. The molecule has 3 aliphatic rings. The monoisotopic (exact) mass is 1470 g/mol. The third-order valence-electron chi connectivity index (χ3n) is 16.4. The van der Waals surface area contributed by atoms with Crippen LogP contribution in [0, 0.1) is 11.3 Å². The van der Waals surface area contributed by atoms with E-state index in [-0.39, 0.29) is 118 Å². The molecule has 0 radical (unpaired) electrons. The quantitative estimate of drug-likeness (QED) is 0.0293. The number of phosphoric ester groups is 3. The normalized spacial score (nSPS) is 28.7. The molecule has 0 aromatic heterocycles. The van der Waals surface area contributed by atoms with Gasteiger partial charge in [0.15, 0.2) is 12.6 Å². The summed E-state index contributed by atoms with van der Waals surface area (Å²) < 4.78 is 116. The number of aliphatic hydroxyl groups is 9. The van der Waals surface area contributed by atoms with Crippen molar-refractivity contribution in [2.45, 2.75) is 236 Å². The van der Waals surface area contributed by atoms with Gasteiger partial charge < -0.3 is 114 Å². The summed E-state index contributed by atoms with van der Waals surface area (Å²) in [7, 11) is -13.3. The standard InChI is InChI=1S/C59H114N3O32P3/c1-40(2)59(37-81-23-19-31-89-95(75,76)86-28-16-8-6-7-13-22-44-48(60-41(3)66)54(72)51(69)45(34-63)92-44,38-82-24-20-32-90-96(77,78)87-29-17-11-9-14-26-84-57-49(61-42(4)67)55(73)52(70)46(35-64)93-57)39-83-25-21-33-91-97(79,80)88-30-18-12-10-15-27-85-58-50(62-43(5)68)56(74)53(71)47(36-65)94-58/h40,44-58,63-65,69-74H,6-39H2,1-5H3,(H,60,66)(H,61,67)(H,62,68)(H,75,76)(H,77,78)(H,79,80). The van der Waals surface area contributed by atoms with Crippen LogP contribution < -0.4 is 16.0 Å². The van der Waals surface area contributed by atoms with Crippen molar-refractivity contribution < 1.29 is 154 Å². The van der Waals surface area contributed by atoms with Crippen LogP contribution in [-0.4, -0.2) is 282 Å². The Hall–Kier alpha value is -1.94. The van der Waals surface area contributed by atoms with Crippen LogP contribution in [0.2, 0.25) is 0 Å². The molecule has 0 saturated carbocycles. The highest BCUT2D eigenvalue weighted by Crippen LogP contribution is 2.45. The molecule has 3 saturated heterocycles. The van der Waals surface area contributed by atoms with Gasteiger partial charge in [0.1, 0.15) is 67.0 Å². The van der Waals surface area contributed by atoms with Crippen molar-refractivity contribution in [1.82, 2.24) is 16.0 Å². The summed E-state index contributed by atoms with van der Waals surface area (Å²) in [5.74, 6) is -1.49. The van der Waals surface area contributed by atoms with Gasteiger partial charge in [0.05, 0.1) is 91.4 Å². The summed E-state index contributed by atoms with van der Waals surface area (Å²) in [6, 6.07) is -2.97. The number of phosphoric acid groups is 3. The maximum absolute atomic E-state index is 12.7. The van der Waals surface area contributed by atoms with E-state index in [1.165, 1.54) is 20.8 Å². The van der Waals surface area contributed by atoms with E-state index in [1.807, 2.05) is 13.8 Å². The SMILES string of the molecule is CC(=O)NC1C(CCCCCCCOP(=O)(O)OCCCOCC(COCCCOP(=O)(O)OCCCCCCOC2OC(CO)C(O)C(O)C2NC(C)=O)(COCCCOP(=O)(O)OCCCCCCOC2OC(CO)C(O)C(O)C2NC(C)=O)C(C)C)OC(CO)C(O)C1O. The average molecular weight is 1470 g/mol. The molecular weight excluding hydrogens is 1360 g/mol. The Bertz CT molecular complexity index is 2070. The molecule has 0 aliphatic carbocycles. The van der Waals surface area contributed by atoms with Gasteiger partial charge in [0.2, 0.25) is 17.7 Å². The molecule has 3 aliphatic heterocycles. The van der Waals surface area contributed by atoms with Gasteiger partial charge in [-0.2, -0.15) is 0 Å². The van der Waals surface area contributed by atoms with Crippen LogP contribution >= 0.6 is 23.5 Å². The first kappa shape index (κ1) is 89.3. The number of nitrogens with one attached hydrogen (secondary N) is 3. The molecule has 3 heterocycles. The van der Waals surface area contributed by atoms with Gasteiger partial charge in [0.25, 0.3) is 0 Å². The Kier molecular flexibility index (Phi) is 44.3. The van der Waals surface area contributed by atoms with E-state index < -0.39 is 158 Å². The van der Waals surface area contributed by atoms with Gasteiger partial charge in [-0.25, -0.2) is 13.7 Å². The van der Waals surface area contributed by atoms with Crippen molar-refractivity contribution in [1.29, 1.82) is 0 Å². The fraction of sp³-hybridized carbons (Fsp3) is 0.949. The van der Waals surface area contributed by atoms with Crippen molar-refractivity contribution in [3.63, 3.8) is 0 Å². The number of hydrogen-bond donors (Lipinski definition) is 15. The average Bonchev–Trinajstić information content (AvgIpc) is 0.827. The summed E-state index contributed by atoms with van der Waals surface area (Å²) in [5, 5.41) is 98.3. The second kappa shape index (κ2) is 48.2. The van der Waals surface area contributed by atoms with Crippen LogP contribution in [0.5, 0.6) is 0 Å². The summed E-state index contributed by atoms with van der Waals surface area (Å²) in [4.78, 5) is 66.1. The number of rotatable bonds is 55. The molecule has 3 fully saturated rings. The number of unbranched alkanes of at least 4 members (excludes halogenated alkanes) is 10. The maximum atomic E-state index is 12.7. The van der Waals surface area contributed by atoms with E-state index >= 15 is 0 Å². The smallest absolute Gasteiger partial charge is 0.394 e. The van der Waals surface area contributed by atoms with Crippen molar-refractivity contribution >= 4 is 41.2 Å². The second-order valence-corrected chi connectivity index (χ2v) is 29.1. The zero-order chi connectivity index (χ0) is 72.0. The molecule has 18 unspecified atom stereocenters. The van der Waals surface area contributed by atoms with E-state index in [0.717, 1.165) is 12.8 Å². The van der Waals surface area contributed by atoms with Gasteiger partial charge in [0, 0.05) is 59.2 Å². The third kappa shape index (κ3) is 34.9. The van der Waals surface area contributed by atoms with Gasteiger partial charge in [-0.15, -0.1) is 0 Å². The Labute approximate surface area is 568 Å².